The maximum absolute atomic E-state index is 8.36. The van der Waals surface area contributed by atoms with Crippen LogP contribution in [0.25, 0.3) is 0 Å². The number of aromatic nitrogens is 6. The van der Waals surface area contributed by atoms with Gasteiger partial charge in [-0.05, 0) is 13.8 Å². The van der Waals surface area contributed by atoms with Crippen LogP contribution < -0.4 is 20.6 Å². The maximum atomic E-state index is 8.36. The first-order chi connectivity index (χ1) is 18.7. The average molecular weight is 638 g/mol. The molecule has 0 bridgehead atoms. The second-order valence-corrected chi connectivity index (χ2v) is 10.5. The van der Waals surface area contributed by atoms with E-state index in [0.717, 1.165) is 24.0 Å². The Kier molecular flexibility index (Phi) is 13.5. The van der Waals surface area contributed by atoms with Gasteiger partial charge in [0.1, 0.15) is 23.3 Å². The Hall–Kier alpha value is -3.07. The monoisotopic (exact) mass is 637 g/mol. The Morgan fingerprint density at radius 2 is 1.20 bits per heavy atom. The Balaban J connectivity index is 0.00000134. The number of hydrogen-bond acceptors (Lipinski definition) is 11. The van der Waals surface area contributed by atoms with Gasteiger partial charge in [-0.15, -0.1) is 0 Å². The molecule has 4 aromatic rings. The van der Waals surface area contributed by atoms with E-state index in [1.165, 1.54) is 21.1 Å². The number of rotatable bonds is 11. The van der Waals surface area contributed by atoms with Crippen LogP contribution in [0.5, 0.6) is 0 Å². The number of anilines is 2. The molecule has 12 nitrogen and oxygen atoms in total. The summed E-state index contributed by atoms with van der Waals surface area (Å²) in [7, 11) is 0. The summed E-state index contributed by atoms with van der Waals surface area (Å²) in [5.74, 6) is 2.41. The van der Waals surface area contributed by atoms with Crippen LogP contribution in [0.15, 0.2) is 23.4 Å². The number of hydrogen-bond donors (Lipinski definition) is 3. The minimum absolute atomic E-state index is 0. The van der Waals surface area contributed by atoms with E-state index in [2.05, 4.69) is 53.9 Å². The second-order valence-electron chi connectivity index (χ2n) is 8.62. The first kappa shape index (κ1) is 33.1. The van der Waals surface area contributed by atoms with Gasteiger partial charge in [-0.25, -0.2) is 29.7 Å². The molecule has 4 heterocycles. The van der Waals surface area contributed by atoms with Crippen LogP contribution in [0, 0.1) is 27.7 Å². The van der Waals surface area contributed by atoms with Gasteiger partial charge in [-0.2, -0.15) is 9.13 Å². The van der Waals surface area contributed by atoms with Gasteiger partial charge in [0, 0.05) is 56.2 Å². The van der Waals surface area contributed by atoms with Crippen molar-refractivity contribution in [3.63, 3.8) is 0 Å². The van der Waals surface area contributed by atoms with Gasteiger partial charge < -0.3 is 16.6 Å². The third-order valence-corrected chi connectivity index (χ3v) is 8.23. The van der Waals surface area contributed by atoms with Gasteiger partial charge in [0.2, 0.25) is 11.0 Å². The smallest absolute Gasteiger partial charge is 0.290 e. The summed E-state index contributed by atoms with van der Waals surface area (Å²) in [5.41, 5.74) is 20.5. The molecule has 5 N–H and O–H groups in total. The minimum atomic E-state index is -0.250. The van der Waals surface area contributed by atoms with Crippen LogP contribution in [0.3, 0.4) is 0 Å². The molecule has 0 amide bonds. The molecule has 0 aliphatic carbocycles. The van der Waals surface area contributed by atoms with Gasteiger partial charge >= 0.3 is 0 Å². The van der Waals surface area contributed by atoms with Gasteiger partial charge in [-0.3, -0.25) is 4.79 Å². The molecular formula is C25H34CuN8O4S2+2. The number of nitrogens with zero attached hydrogens (tertiary/aromatic N) is 6. The van der Waals surface area contributed by atoms with Crippen molar-refractivity contribution in [1.82, 2.24) is 19.9 Å². The van der Waals surface area contributed by atoms with Gasteiger partial charge in [0.05, 0.1) is 34.1 Å². The normalized spacial score (nSPS) is 10.5. The Labute approximate surface area is 251 Å². The van der Waals surface area contributed by atoms with Crippen molar-refractivity contribution in [1.29, 1.82) is 0 Å². The Morgan fingerprint density at radius 1 is 0.825 bits per heavy atom. The van der Waals surface area contributed by atoms with E-state index in [1.807, 2.05) is 13.8 Å². The number of carboxylic acid groups (broad SMARTS) is 1. The van der Waals surface area contributed by atoms with E-state index >= 15 is 0 Å². The fourth-order valence-electron chi connectivity index (χ4n) is 3.72. The first-order valence-corrected chi connectivity index (χ1v) is 13.9. The molecule has 4 rings (SSSR count). The fraction of sp³-hybridized carbons (Fsp3) is 0.400. The quantitative estimate of drug-likeness (QED) is 0.0552. The maximum Gasteiger partial charge on any atom is 0.290 e. The number of nitrogen functional groups attached to an aromatic ring is 2. The molecule has 0 aliphatic heterocycles. The second kappa shape index (κ2) is 16.3. The van der Waals surface area contributed by atoms with Gasteiger partial charge in [0.25, 0.3) is 6.47 Å². The Bertz CT molecular complexity index is 1300. The van der Waals surface area contributed by atoms with Gasteiger partial charge in [0.15, 0.2) is 24.5 Å². The average Bonchev–Trinajstić information content (AvgIpc) is 3.41. The number of carbonyl (C=O) groups is 1. The summed E-state index contributed by atoms with van der Waals surface area (Å²) < 4.78 is 4.33. The zero-order valence-corrected chi connectivity index (χ0v) is 25.3. The van der Waals surface area contributed by atoms with Crippen molar-refractivity contribution in [2.75, 3.05) is 24.7 Å². The van der Waals surface area contributed by atoms with Crippen LogP contribution in [0.1, 0.15) is 43.9 Å². The topological polar surface area (TPSA) is 167 Å². The van der Waals surface area contributed by atoms with Crippen LogP contribution in [-0.2, 0) is 57.6 Å². The number of thiazole rings is 2. The zero-order valence-electron chi connectivity index (χ0n) is 22.8. The zero-order chi connectivity index (χ0) is 28.4. The van der Waals surface area contributed by atoms with E-state index in [1.54, 1.807) is 35.1 Å². The largest absolute Gasteiger partial charge is 0.483 e. The summed E-state index contributed by atoms with van der Waals surface area (Å²) >= 11 is 3.40. The summed E-state index contributed by atoms with van der Waals surface area (Å²) in [4.78, 5) is 38.8. The fourth-order valence-corrected chi connectivity index (χ4v) is 5.67. The number of nitrogens with two attached hydrogens (primary N) is 2. The molecule has 0 unspecified atom stereocenters. The van der Waals surface area contributed by atoms with E-state index < -0.39 is 0 Å². The molecule has 0 saturated carbocycles. The van der Waals surface area contributed by atoms with Crippen molar-refractivity contribution in [3.8, 4) is 0 Å². The van der Waals surface area contributed by atoms with Crippen LogP contribution >= 0.6 is 22.7 Å². The van der Waals surface area contributed by atoms with Crippen LogP contribution in [0.4, 0.5) is 11.6 Å². The number of aryl methyl sites for hydroxylation is 2. The molecule has 40 heavy (non-hydrogen) atoms. The SMILES string of the molecule is Cc1ncc(C[n+]2csc(CCOOCCc3sc[n+](Cc4cnc(C)nc4N)c3C)c2C)c(N)n1.O=CO.[Cu]. The Morgan fingerprint density at radius 3 is 1.55 bits per heavy atom. The van der Waals surface area contributed by atoms with E-state index in [4.69, 9.17) is 31.1 Å². The van der Waals surface area contributed by atoms with Crippen LogP contribution in [0.2, 0.25) is 0 Å². The molecule has 0 fully saturated rings. The molecule has 0 atom stereocenters. The van der Waals surface area contributed by atoms with Crippen molar-refractivity contribution >= 4 is 40.8 Å². The van der Waals surface area contributed by atoms with Crippen molar-refractivity contribution in [2.45, 2.75) is 53.6 Å². The molecular weight excluding hydrogens is 604 g/mol. The van der Waals surface area contributed by atoms with Crippen molar-refractivity contribution in [2.24, 2.45) is 0 Å². The molecule has 0 saturated heterocycles. The molecule has 0 aliphatic rings. The summed E-state index contributed by atoms with van der Waals surface area (Å²) in [6.45, 7) is 9.90. The first-order valence-electron chi connectivity index (χ1n) is 12.1. The predicted octanol–water partition coefficient (Wildman–Crippen LogP) is 1.89. The van der Waals surface area contributed by atoms with E-state index in [9.17, 15) is 0 Å². The van der Waals surface area contributed by atoms with E-state index in [0.29, 0.717) is 49.6 Å². The van der Waals surface area contributed by atoms with Crippen molar-refractivity contribution < 1.29 is 45.9 Å². The van der Waals surface area contributed by atoms with Crippen LogP contribution in [-0.4, -0.2) is 44.7 Å². The third-order valence-electron chi connectivity index (χ3n) is 5.94. The molecule has 0 spiro atoms. The molecule has 219 valence electrons. The van der Waals surface area contributed by atoms with Gasteiger partial charge in [-0.1, -0.05) is 22.7 Å². The van der Waals surface area contributed by atoms with Crippen molar-refractivity contribution in [3.05, 3.63) is 67.3 Å². The standard InChI is InChI=1S/C24H32N8O2S2.CH2O2.Cu/c1-15-21(35-13-31(15)11-19-9-27-17(3)29-23(19)25)5-7-33-34-8-6-22-16(2)32(14-36-22)12-20-10-28-18(4)30-24(20)26;2-1-3;/h9-10,13-14H,5-8,11-12H2,1-4H3,(H2,25,27,29)(H2,26,28,30);1H,(H,2,3);/q+2;;. The molecule has 4 aromatic heterocycles. The summed E-state index contributed by atoms with van der Waals surface area (Å²) in [6.07, 6.45) is 5.14. The molecule has 15 heteroatoms. The summed E-state index contributed by atoms with van der Waals surface area (Å²) in [5, 5.41) is 6.89. The molecule has 0 aromatic carbocycles. The summed E-state index contributed by atoms with van der Waals surface area (Å²) in [6, 6.07) is 0. The predicted molar refractivity (Wildman–Crippen MR) is 147 cm³/mol. The molecule has 1 radical (unpaired) electrons. The van der Waals surface area contributed by atoms with E-state index in [-0.39, 0.29) is 23.5 Å². The minimum Gasteiger partial charge on any atom is -0.483 e. The third kappa shape index (κ3) is 9.25.